The van der Waals surface area contributed by atoms with Gasteiger partial charge in [-0.2, -0.15) is 26.6 Å². The number of alkyl halides is 6. The van der Waals surface area contributed by atoms with Crippen molar-refractivity contribution in [3.63, 3.8) is 0 Å². The van der Waals surface area contributed by atoms with Crippen molar-refractivity contribution in [3.8, 4) is 17.2 Å². The first-order valence-corrected chi connectivity index (χ1v) is 17.6. The van der Waals surface area contributed by atoms with Gasteiger partial charge in [-0.1, -0.05) is 23.2 Å². The molecule has 1 heterocycles. The van der Waals surface area contributed by atoms with E-state index < -0.39 is 78.3 Å². The van der Waals surface area contributed by atoms with Gasteiger partial charge in [-0.3, -0.25) is 19.7 Å². The molecule has 3 aromatic carbocycles. The molecule has 1 atom stereocenters. The fourth-order valence-corrected chi connectivity index (χ4v) is 5.42. The number of nitrogens with zero attached hydrogens (tertiary/aromatic N) is 4. The number of aromatic nitrogens is 3. The van der Waals surface area contributed by atoms with Gasteiger partial charge in [0.1, 0.15) is 34.0 Å². The highest BCUT2D eigenvalue weighted by molar-refractivity contribution is 7.89. The summed E-state index contributed by atoms with van der Waals surface area (Å²) in [7, 11) is -4.00. The number of sulfonamides is 1. The summed E-state index contributed by atoms with van der Waals surface area (Å²) < 4.78 is 113. The molecule has 0 aliphatic carbocycles. The van der Waals surface area contributed by atoms with Gasteiger partial charge in [0, 0.05) is 23.6 Å². The Kier molecular flexibility index (Phi) is 14.1. The maximum atomic E-state index is 14.2. The van der Waals surface area contributed by atoms with E-state index in [-0.39, 0.29) is 51.2 Å². The number of amides is 1. The van der Waals surface area contributed by atoms with E-state index in [2.05, 4.69) is 5.10 Å². The van der Waals surface area contributed by atoms with Crippen molar-refractivity contribution in [1.82, 2.24) is 19.1 Å². The van der Waals surface area contributed by atoms with Crippen LogP contribution >= 0.6 is 34.8 Å². The Bertz CT molecular complexity index is 2250. The second kappa shape index (κ2) is 17.5. The lowest BCUT2D eigenvalue weighted by Gasteiger charge is -2.12. The summed E-state index contributed by atoms with van der Waals surface area (Å²) >= 11 is 17.7. The van der Waals surface area contributed by atoms with Crippen LogP contribution in [-0.2, 0) is 32.2 Å². The van der Waals surface area contributed by atoms with Crippen molar-refractivity contribution in [2.45, 2.75) is 38.4 Å². The number of hydrogen-bond acceptors (Lipinski definition) is 10. The molecule has 0 bridgehead atoms. The van der Waals surface area contributed by atoms with Gasteiger partial charge in [0.05, 0.1) is 28.4 Å². The van der Waals surface area contributed by atoms with Crippen LogP contribution in [0.5, 0.6) is 11.5 Å². The Hall–Kier alpha value is -4.86. The predicted molar refractivity (Wildman–Crippen MR) is 181 cm³/mol. The molecule has 0 spiro atoms. The van der Waals surface area contributed by atoms with Crippen LogP contribution in [0.15, 0.2) is 53.3 Å². The minimum Gasteiger partial charge on any atom is -0.465 e. The molecule has 14 nitrogen and oxygen atoms in total. The van der Waals surface area contributed by atoms with Gasteiger partial charge in [0.25, 0.3) is 11.6 Å². The highest BCUT2D eigenvalue weighted by Gasteiger charge is 2.31. The van der Waals surface area contributed by atoms with E-state index in [1.165, 1.54) is 6.92 Å². The fourth-order valence-electron chi connectivity index (χ4n) is 4.30. The average Bonchev–Trinajstić information content (AvgIpc) is 3.35. The van der Waals surface area contributed by atoms with Crippen molar-refractivity contribution in [3.05, 3.63) is 108 Å². The summed E-state index contributed by atoms with van der Waals surface area (Å²) in [6.07, 6.45) is -4.05. The van der Waals surface area contributed by atoms with Crippen LogP contribution in [0, 0.1) is 22.9 Å². The van der Waals surface area contributed by atoms with Crippen LogP contribution in [0.4, 0.5) is 32.0 Å². The molecule has 54 heavy (non-hydrogen) atoms. The molecule has 0 fully saturated rings. The Morgan fingerprint density at radius 1 is 1.07 bits per heavy atom. The summed E-state index contributed by atoms with van der Waals surface area (Å²) in [6, 6.07) is 7.12. The molecular formula is C30H24Cl3F6N5O9S. The number of hydrogen-bond donors (Lipinski definition) is 1. The van der Waals surface area contributed by atoms with Crippen LogP contribution in [-0.4, -0.2) is 57.8 Å². The van der Waals surface area contributed by atoms with E-state index in [0.717, 1.165) is 36.4 Å². The maximum absolute atomic E-state index is 14.2. The molecule has 1 unspecified atom stereocenters. The number of rotatable bonds is 11. The maximum Gasteiger partial charge on any atom is 0.416 e. The zero-order valence-electron chi connectivity index (χ0n) is 27.5. The molecule has 292 valence electrons. The normalized spacial score (nSPS) is 12.1. The number of halogens is 9. The molecule has 1 N–H and O–H groups in total. The first kappa shape index (κ1) is 43.5. The molecule has 24 heteroatoms. The van der Waals surface area contributed by atoms with Crippen molar-refractivity contribution >= 4 is 62.4 Å². The smallest absolute Gasteiger partial charge is 0.416 e. The van der Waals surface area contributed by atoms with Gasteiger partial charge in [-0.25, -0.2) is 26.9 Å². The number of esters is 1. The monoisotopic (exact) mass is 849 g/mol. The number of ether oxygens (including phenoxy) is 2. The summed E-state index contributed by atoms with van der Waals surface area (Å²) in [6.45, 7) is -0.195. The Morgan fingerprint density at radius 2 is 1.72 bits per heavy atom. The molecule has 0 aliphatic rings. The quantitative estimate of drug-likeness (QED) is 0.0543. The van der Waals surface area contributed by atoms with E-state index in [1.807, 2.05) is 0 Å². The molecule has 0 radical (unpaired) electrons. The zero-order chi connectivity index (χ0) is 40.9. The van der Waals surface area contributed by atoms with Gasteiger partial charge in [-0.05, 0) is 55.8 Å². The molecule has 0 saturated heterocycles. The Labute approximate surface area is 315 Å². The van der Waals surface area contributed by atoms with Gasteiger partial charge >= 0.3 is 24.4 Å². The van der Waals surface area contributed by atoms with Gasteiger partial charge in [-0.15, -0.1) is 16.7 Å². The number of nitrogens with one attached hydrogen (secondary N) is 1. The van der Waals surface area contributed by atoms with Crippen molar-refractivity contribution < 1.29 is 58.7 Å². The number of carbonyl (C=O) groups excluding carboxylic acids is 2. The van der Waals surface area contributed by atoms with E-state index in [9.17, 15) is 59.3 Å². The van der Waals surface area contributed by atoms with Crippen molar-refractivity contribution in [1.29, 1.82) is 0 Å². The van der Waals surface area contributed by atoms with Crippen LogP contribution < -0.4 is 15.1 Å². The molecular weight excluding hydrogens is 827 g/mol. The topological polar surface area (TPSA) is 182 Å². The van der Waals surface area contributed by atoms with Crippen LogP contribution in [0.25, 0.3) is 5.69 Å². The SMILES string of the molecule is CCOC(=O)C(Cl)Cc1cc(-n2nc(C)n(C(F)F)c2=O)c(F)cc1Cl.CS(=O)(=O)NC(=O)c1cc(Oc2ccc(C(F)(F)F)cc2Cl)ccc1[N+](=O)[O-]. The van der Waals surface area contributed by atoms with Crippen LogP contribution in [0.3, 0.4) is 0 Å². The number of carbonyl (C=O) groups is 2. The fraction of sp³-hybridized carbons (Fsp3) is 0.267. The molecule has 0 aliphatic heterocycles. The molecule has 1 aromatic heterocycles. The van der Waals surface area contributed by atoms with Gasteiger partial charge in [0.2, 0.25) is 10.0 Å². The van der Waals surface area contributed by atoms with Gasteiger partial charge < -0.3 is 9.47 Å². The summed E-state index contributed by atoms with van der Waals surface area (Å²) in [5, 5.41) is 13.2. The van der Waals surface area contributed by atoms with Crippen LogP contribution in [0.2, 0.25) is 10.0 Å². The first-order chi connectivity index (χ1) is 24.9. The lowest BCUT2D eigenvalue weighted by molar-refractivity contribution is -0.385. The zero-order valence-corrected chi connectivity index (χ0v) is 30.5. The standard InChI is InChI=1S/C15H14Cl2F3N3O3.C15H10ClF3N2O6S/c1-3-26-13(24)10(17)4-8-5-12(11(18)6-9(8)16)23-15(25)22(14(19)20)7(2)21-23;1-28(25,26)20-14(22)10-7-9(3-4-12(10)21(23)24)27-13-5-2-8(6-11(13)16)15(17,18)19/h5-6,10,14H,3-4H2,1-2H3;2-7H,1H3,(H,20,22). The highest BCUT2D eigenvalue weighted by Crippen LogP contribution is 2.37. The number of nitro benzene ring substituents is 1. The summed E-state index contributed by atoms with van der Waals surface area (Å²) in [5.41, 5.74) is -3.71. The third-order valence-electron chi connectivity index (χ3n) is 6.64. The van der Waals surface area contributed by atoms with E-state index in [1.54, 1.807) is 11.6 Å². The number of aryl methyl sites for hydroxylation is 1. The summed E-state index contributed by atoms with van der Waals surface area (Å²) in [4.78, 5) is 45.9. The highest BCUT2D eigenvalue weighted by atomic mass is 35.5. The van der Waals surface area contributed by atoms with E-state index in [4.69, 9.17) is 44.3 Å². The number of benzene rings is 3. The van der Waals surface area contributed by atoms with E-state index in [0.29, 0.717) is 23.1 Å². The minimum absolute atomic E-state index is 0.0424. The number of nitro groups is 1. The van der Waals surface area contributed by atoms with Crippen molar-refractivity contribution in [2.75, 3.05) is 12.9 Å². The third-order valence-corrected chi connectivity index (χ3v) is 8.17. The lowest BCUT2D eigenvalue weighted by Crippen LogP contribution is -2.29. The van der Waals surface area contributed by atoms with E-state index >= 15 is 0 Å². The first-order valence-electron chi connectivity index (χ1n) is 14.6. The minimum atomic E-state index is -4.62. The Balaban J connectivity index is 0.000000291. The lowest BCUT2D eigenvalue weighted by atomic mass is 10.1. The average molecular weight is 851 g/mol. The second-order valence-electron chi connectivity index (χ2n) is 10.6. The molecule has 4 aromatic rings. The van der Waals surface area contributed by atoms with Crippen molar-refractivity contribution in [2.24, 2.45) is 0 Å². The van der Waals surface area contributed by atoms with Crippen LogP contribution in [0.1, 0.15) is 40.8 Å². The third kappa shape index (κ3) is 11.1. The largest absolute Gasteiger partial charge is 0.465 e. The molecule has 4 rings (SSSR count). The van der Waals surface area contributed by atoms with Gasteiger partial charge in [0.15, 0.2) is 5.82 Å². The molecule has 0 saturated carbocycles. The molecule has 1 amide bonds. The predicted octanol–water partition coefficient (Wildman–Crippen LogP) is 6.99. The Morgan fingerprint density at radius 3 is 2.24 bits per heavy atom. The summed E-state index contributed by atoms with van der Waals surface area (Å²) in [5.74, 6) is -3.60. The second-order valence-corrected chi connectivity index (χ2v) is 13.7.